The highest BCUT2D eigenvalue weighted by atomic mass is 32.2. The van der Waals surface area contributed by atoms with Gasteiger partial charge in [0.2, 0.25) is 10.0 Å². The Balaban J connectivity index is 1.49. The zero-order chi connectivity index (χ0) is 20.4. The molecule has 2 aliphatic carbocycles. The van der Waals surface area contributed by atoms with E-state index in [1.807, 2.05) is 0 Å². The minimum absolute atomic E-state index is 0.0613. The molecule has 29 heavy (non-hydrogen) atoms. The lowest BCUT2D eigenvalue weighted by atomic mass is 9.78. The number of rotatable bonds is 4. The maximum atomic E-state index is 13.2. The molecule has 0 N–H and O–H groups in total. The van der Waals surface area contributed by atoms with Gasteiger partial charge in [-0.25, -0.2) is 8.42 Å². The van der Waals surface area contributed by atoms with Crippen molar-refractivity contribution in [3.8, 4) is 0 Å². The lowest BCUT2D eigenvalue weighted by Crippen LogP contribution is -2.49. The lowest BCUT2D eigenvalue weighted by Gasteiger charge is -2.44. The molecule has 0 radical (unpaired) electrons. The third kappa shape index (κ3) is 4.24. The van der Waals surface area contributed by atoms with Gasteiger partial charge < -0.3 is 4.90 Å². The molecule has 160 valence electrons. The second-order valence-corrected chi connectivity index (χ2v) is 11.1. The van der Waals surface area contributed by atoms with Crippen LogP contribution in [-0.4, -0.2) is 49.2 Å². The van der Waals surface area contributed by atoms with E-state index in [0.717, 1.165) is 45.1 Å². The summed E-state index contributed by atoms with van der Waals surface area (Å²) in [7, 11) is -1.82. The molecule has 0 bridgehead atoms. The molecule has 0 aromatic heterocycles. The number of nitrogens with zero attached hydrogens (tertiary/aromatic N) is 2. The average molecular weight is 419 g/mol. The molecule has 4 rings (SSSR count). The van der Waals surface area contributed by atoms with Crippen LogP contribution in [0.2, 0.25) is 0 Å². The van der Waals surface area contributed by atoms with Crippen molar-refractivity contribution in [2.75, 3.05) is 13.6 Å². The zero-order valence-electron chi connectivity index (χ0n) is 17.6. The van der Waals surface area contributed by atoms with Crippen LogP contribution in [0.3, 0.4) is 0 Å². The van der Waals surface area contributed by atoms with Crippen molar-refractivity contribution in [1.82, 2.24) is 9.21 Å². The van der Waals surface area contributed by atoms with E-state index in [1.165, 1.54) is 32.1 Å². The van der Waals surface area contributed by atoms with Crippen LogP contribution in [0.5, 0.6) is 0 Å². The standard InChI is InChI=1S/C23H34N2O3S/c1-24(20-10-3-2-4-11-20)29(27,28)21-15-13-19(14-16-21)23(26)25-17-7-9-18-8-5-6-12-22(18)25/h13-16,18,20,22H,2-12,17H2,1H3. The number of fused-ring (bicyclic) bond motifs is 1. The maximum absolute atomic E-state index is 13.2. The second kappa shape index (κ2) is 8.76. The van der Waals surface area contributed by atoms with Crippen molar-refractivity contribution >= 4 is 15.9 Å². The van der Waals surface area contributed by atoms with Crippen LogP contribution < -0.4 is 0 Å². The fraction of sp³-hybridized carbons (Fsp3) is 0.696. The highest BCUT2D eigenvalue weighted by Gasteiger charge is 2.36. The Bertz CT molecular complexity index is 813. The normalized spacial score (nSPS) is 26.3. The van der Waals surface area contributed by atoms with Crippen LogP contribution >= 0.6 is 0 Å². The summed E-state index contributed by atoms with van der Waals surface area (Å²) in [5.41, 5.74) is 0.607. The number of carbonyl (C=O) groups excluding carboxylic acids is 1. The van der Waals surface area contributed by atoms with Gasteiger partial charge in [0.1, 0.15) is 0 Å². The van der Waals surface area contributed by atoms with Crippen molar-refractivity contribution in [2.45, 2.75) is 87.6 Å². The summed E-state index contributed by atoms with van der Waals surface area (Å²) in [5, 5.41) is 0. The van der Waals surface area contributed by atoms with Gasteiger partial charge in [-0.05, 0) is 68.7 Å². The van der Waals surface area contributed by atoms with Gasteiger partial charge in [-0.15, -0.1) is 0 Å². The summed E-state index contributed by atoms with van der Waals surface area (Å²) in [5.74, 6) is 0.705. The zero-order valence-corrected chi connectivity index (χ0v) is 18.4. The van der Waals surface area contributed by atoms with Crippen LogP contribution in [0.15, 0.2) is 29.2 Å². The van der Waals surface area contributed by atoms with Gasteiger partial charge in [0.05, 0.1) is 4.90 Å². The van der Waals surface area contributed by atoms with E-state index in [2.05, 4.69) is 4.90 Å². The Labute approximate surface area is 175 Å². The topological polar surface area (TPSA) is 57.7 Å². The molecule has 6 heteroatoms. The van der Waals surface area contributed by atoms with E-state index in [4.69, 9.17) is 0 Å². The molecule has 2 saturated carbocycles. The third-order valence-electron chi connectivity index (χ3n) is 7.37. The fourth-order valence-electron chi connectivity index (χ4n) is 5.62. The van der Waals surface area contributed by atoms with E-state index in [0.29, 0.717) is 17.5 Å². The second-order valence-electron chi connectivity index (χ2n) is 9.09. The average Bonchev–Trinajstić information content (AvgIpc) is 2.78. The van der Waals surface area contributed by atoms with E-state index < -0.39 is 10.0 Å². The predicted octanol–water partition coefficient (Wildman–Crippen LogP) is 4.43. The van der Waals surface area contributed by atoms with Gasteiger partial charge in [-0.2, -0.15) is 4.31 Å². The number of likely N-dealkylation sites (tertiary alicyclic amines) is 1. The molecule has 2 atom stereocenters. The van der Waals surface area contributed by atoms with Crippen molar-refractivity contribution < 1.29 is 13.2 Å². The first-order chi connectivity index (χ1) is 14.0. The minimum atomic E-state index is -3.52. The predicted molar refractivity (Wildman–Crippen MR) is 114 cm³/mol. The number of carbonyl (C=O) groups is 1. The third-order valence-corrected chi connectivity index (χ3v) is 9.30. The Morgan fingerprint density at radius 3 is 2.24 bits per heavy atom. The molecule has 1 aromatic rings. The molecule has 1 aromatic carbocycles. The molecule has 3 aliphatic rings. The molecule has 3 fully saturated rings. The Hall–Kier alpha value is -1.40. The Morgan fingerprint density at radius 1 is 0.897 bits per heavy atom. The minimum Gasteiger partial charge on any atom is -0.335 e. The Kier molecular flexibility index (Phi) is 6.30. The molecule has 0 spiro atoms. The summed E-state index contributed by atoms with van der Waals surface area (Å²) in [6.45, 7) is 0.824. The van der Waals surface area contributed by atoms with Crippen molar-refractivity contribution in [3.05, 3.63) is 29.8 Å². The van der Waals surface area contributed by atoms with Gasteiger partial charge in [0.15, 0.2) is 0 Å². The lowest BCUT2D eigenvalue weighted by molar-refractivity contribution is 0.0390. The molecular weight excluding hydrogens is 384 g/mol. The van der Waals surface area contributed by atoms with Gasteiger partial charge in [-0.3, -0.25) is 4.79 Å². The number of hydrogen-bond acceptors (Lipinski definition) is 3. The molecular formula is C23H34N2O3S. The van der Waals surface area contributed by atoms with Gasteiger partial charge in [0, 0.05) is 31.2 Å². The van der Waals surface area contributed by atoms with Gasteiger partial charge in [0.25, 0.3) is 5.91 Å². The first-order valence-corrected chi connectivity index (χ1v) is 12.8. The first kappa shape index (κ1) is 20.9. The van der Waals surface area contributed by atoms with Crippen molar-refractivity contribution in [2.24, 2.45) is 5.92 Å². The summed E-state index contributed by atoms with van der Waals surface area (Å²) in [6, 6.07) is 7.10. The summed E-state index contributed by atoms with van der Waals surface area (Å²) < 4.78 is 27.6. The van der Waals surface area contributed by atoms with Crippen molar-refractivity contribution in [1.29, 1.82) is 0 Å². The van der Waals surface area contributed by atoms with Crippen LogP contribution in [-0.2, 0) is 10.0 Å². The summed E-state index contributed by atoms with van der Waals surface area (Å²) in [6.07, 6.45) is 12.4. The van der Waals surface area contributed by atoms with E-state index in [9.17, 15) is 13.2 Å². The van der Waals surface area contributed by atoms with Crippen LogP contribution in [0, 0.1) is 5.92 Å². The SMILES string of the molecule is CN(C1CCCCC1)S(=O)(=O)c1ccc(C(=O)N2CCCC3CCCCC32)cc1. The smallest absolute Gasteiger partial charge is 0.254 e. The monoisotopic (exact) mass is 418 g/mol. The van der Waals surface area contributed by atoms with Crippen LogP contribution in [0.1, 0.15) is 81.0 Å². The van der Waals surface area contributed by atoms with E-state index >= 15 is 0 Å². The fourth-order valence-corrected chi connectivity index (χ4v) is 7.04. The number of amides is 1. The van der Waals surface area contributed by atoms with Crippen molar-refractivity contribution in [3.63, 3.8) is 0 Å². The molecule has 1 aliphatic heterocycles. The van der Waals surface area contributed by atoms with Gasteiger partial charge >= 0.3 is 0 Å². The quantitative estimate of drug-likeness (QED) is 0.727. The molecule has 2 unspecified atom stereocenters. The van der Waals surface area contributed by atoms with E-state index in [-0.39, 0.29) is 16.8 Å². The molecule has 1 heterocycles. The molecule has 1 saturated heterocycles. The summed E-state index contributed by atoms with van der Waals surface area (Å²) >= 11 is 0. The van der Waals surface area contributed by atoms with Crippen LogP contribution in [0.25, 0.3) is 0 Å². The molecule has 5 nitrogen and oxygen atoms in total. The van der Waals surface area contributed by atoms with E-state index in [1.54, 1.807) is 35.6 Å². The Morgan fingerprint density at radius 2 is 1.52 bits per heavy atom. The maximum Gasteiger partial charge on any atom is 0.254 e. The number of piperidine rings is 1. The number of sulfonamides is 1. The first-order valence-electron chi connectivity index (χ1n) is 11.4. The largest absolute Gasteiger partial charge is 0.335 e. The highest BCUT2D eigenvalue weighted by molar-refractivity contribution is 7.89. The van der Waals surface area contributed by atoms with Crippen LogP contribution in [0.4, 0.5) is 0 Å². The highest BCUT2D eigenvalue weighted by Crippen LogP contribution is 2.36. The number of benzene rings is 1. The number of hydrogen-bond donors (Lipinski definition) is 0. The summed E-state index contributed by atoms with van der Waals surface area (Å²) in [4.78, 5) is 15.5. The molecule has 1 amide bonds. The van der Waals surface area contributed by atoms with Gasteiger partial charge in [-0.1, -0.05) is 32.1 Å².